The molecule has 4 rings (SSSR count). The van der Waals surface area contributed by atoms with Crippen molar-refractivity contribution in [2.24, 2.45) is 0 Å². The lowest BCUT2D eigenvalue weighted by atomic mass is 10.1. The van der Waals surface area contributed by atoms with E-state index in [1.807, 2.05) is 0 Å². The van der Waals surface area contributed by atoms with E-state index in [0.29, 0.717) is 18.6 Å². The molecule has 0 unspecified atom stereocenters. The van der Waals surface area contributed by atoms with Crippen molar-refractivity contribution in [2.75, 3.05) is 36.8 Å². The maximum absolute atomic E-state index is 12.3. The molecule has 1 N–H and O–H groups in total. The molecule has 2 aliphatic heterocycles. The van der Waals surface area contributed by atoms with Crippen LogP contribution in [0.3, 0.4) is 0 Å². The molecule has 2 saturated heterocycles. The molecule has 2 amide bonds. The smallest absolute Gasteiger partial charge is 0.229 e. The van der Waals surface area contributed by atoms with E-state index in [4.69, 9.17) is 0 Å². The predicted octanol–water partition coefficient (Wildman–Crippen LogP) is -0.115. The average Bonchev–Trinajstić information content (AvgIpc) is 3.38. The molecule has 30 heavy (non-hydrogen) atoms. The van der Waals surface area contributed by atoms with Gasteiger partial charge in [0.05, 0.1) is 23.9 Å². The van der Waals surface area contributed by atoms with Crippen molar-refractivity contribution in [1.82, 2.24) is 29.4 Å². The van der Waals surface area contributed by atoms with Crippen LogP contribution in [0.4, 0.5) is 5.82 Å². The highest BCUT2D eigenvalue weighted by Crippen LogP contribution is 2.25. The van der Waals surface area contributed by atoms with Crippen molar-refractivity contribution in [3.05, 3.63) is 12.5 Å². The Labute approximate surface area is 174 Å². The summed E-state index contributed by atoms with van der Waals surface area (Å²) in [7, 11) is -3.63. The number of anilines is 1. The number of likely N-dealkylation sites (tertiary alicyclic amines) is 1. The molecular formula is C18H25N7O4S. The Balaban J connectivity index is 1.34. The average molecular weight is 436 g/mol. The zero-order chi connectivity index (χ0) is 21.1. The Hall–Kier alpha value is -2.60. The van der Waals surface area contributed by atoms with Gasteiger partial charge in [-0.25, -0.2) is 27.8 Å². The molecule has 2 fully saturated rings. The molecule has 0 bridgehead atoms. The van der Waals surface area contributed by atoms with Gasteiger partial charge in [0.15, 0.2) is 5.65 Å². The first-order valence-electron chi connectivity index (χ1n) is 10.2. The fraction of sp³-hybridized carbons (Fsp3) is 0.611. The minimum absolute atomic E-state index is 0.121. The van der Waals surface area contributed by atoms with E-state index in [1.165, 1.54) is 6.33 Å². The largest absolute Gasteiger partial charge is 0.356 e. The van der Waals surface area contributed by atoms with Crippen molar-refractivity contribution >= 4 is 38.7 Å². The van der Waals surface area contributed by atoms with E-state index in [1.54, 1.807) is 10.9 Å². The number of nitrogens with zero attached hydrogens (tertiary/aromatic N) is 6. The van der Waals surface area contributed by atoms with E-state index in [-0.39, 0.29) is 43.5 Å². The fourth-order valence-electron chi connectivity index (χ4n) is 3.87. The molecule has 4 heterocycles. The van der Waals surface area contributed by atoms with Crippen LogP contribution in [0.5, 0.6) is 0 Å². The van der Waals surface area contributed by atoms with Gasteiger partial charge in [-0.05, 0) is 19.3 Å². The number of fused-ring (bicyclic) bond motifs is 1. The third-order valence-corrected chi connectivity index (χ3v) is 6.79. The number of imide groups is 1. The Bertz CT molecular complexity index is 1030. The Kier molecular flexibility index (Phi) is 5.95. The standard InChI is InChI=1S/C18H25N7O4S/c26-15-4-3-5-16(27)24(15)10-11-30(28,29)22-6-9-25-18-14(12-21-25)17(19-13-20-18)23-7-1-2-8-23/h12-13,22H,1-11H2. The van der Waals surface area contributed by atoms with Gasteiger partial charge in [0, 0.05) is 39.0 Å². The maximum Gasteiger partial charge on any atom is 0.229 e. The minimum Gasteiger partial charge on any atom is -0.356 e. The molecule has 0 aliphatic carbocycles. The molecule has 0 radical (unpaired) electrons. The molecule has 0 aromatic carbocycles. The molecule has 0 atom stereocenters. The predicted molar refractivity (Wildman–Crippen MR) is 109 cm³/mol. The molecule has 162 valence electrons. The summed E-state index contributed by atoms with van der Waals surface area (Å²) in [4.78, 5) is 35.6. The van der Waals surface area contributed by atoms with Gasteiger partial charge in [-0.3, -0.25) is 14.5 Å². The topological polar surface area (TPSA) is 130 Å². The van der Waals surface area contributed by atoms with Crippen LogP contribution in [0.2, 0.25) is 0 Å². The number of nitrogens with one attached hydrogen (secondary N) is 1. The van der Waals surface area contributed by atoms with Gasteiger partial charge in [0.1, 0.15) is 12.1 Å². The third-order valence-electron chi connectivity index (χ3n) is 5.43. The molecule has 2 aromatic heterocycles. The van der Waals surface area contributed by atoms with Gasteiger partial charge in [-0.15, -0.1) is 0 Å². The summed E-state index contributed by atoms with van der Waals surface area (Å²) in [5, 5.41) is 5.19. The second-order valence-electron chi connectivity index (χ2n) is 7.50. The van der Waals surface area contributed by atoms with Crippen LogP contribution in [0.25, 0.3) is 11.0 Å². The first-order valence-corrected chi connectivity index (χ1v) is 11.8. The minimum atomic E-state index is -3.63. The molecule has 12 heteroatoms. The Morgan fingerprint density at radius 2 is 1.73 bits per heavy atom. The zero-order valence-electron chi connectivity index (χ0n) is 16.7. The lowest BCUT2D eigenvalue weighted by molar-refractivity contribution is -0.147. The van der Waals surface area contributed by atoms with Gasteiger partial charge in [0.2, 0.25) is 21.8 Å². The van der Waals surface area contributed by atoms with E-state index < -0.39 is 10.0 Å². The normalized spacial score (nSPS) is 18.0. The second kappa shape index (κ2) is 8.64. The maximum atomic E-state index is 12.3. The lowest BCUT2D eigenvalue weighted by Gasteiger charge is -2.24. The van der Waals surface area contributed by atoms with E-state index in [9.17, 15) is 18.0 Å². The first kappa shape index (κ1) is 20.7. The van der Waals surface area contributed by atoms with Crippen LogP contribution in [0, 0.1) is 0 Å². The van der Waals surface area contributed by atoms with E-state index >= 15 is 0 Å². The number of carbonyl (C=O) groups is 2. The van der Waals surface area contributed by atoms with Gasteiger partial charge in [0.25, 0.3) is 0 Å². The quantitative estimate of drug-likeness (QED) is 0.568. The summed E-state index contributed by atoms with van der Waals surface area (Å²) in [6, 6.07) is 0. The highest BCUT2D eigenvalue weighted by Gasteiger charge is 2.27. The van der Waals surface area contributed by atoms with Crippen molar-refractivity contribution in [3.63, 3.8) is 0 Å². The number of carbonyl (C=O) groups excluding carboxylic acids is 2. The lowest BCUT2D eigenvalue weighted by Crippen LogP contribution is -2.44. The van der Waals surface area contributed by atoms with Crippen molar-refractivity contribution in [2.45, 2.75) is 38.6 Å². The molecule has 2 aliphatic rings. The summed E-state index contributed by atoms with van der Waals surface area (Å²) in [6.07, 6.45) is 6.59. The van der Waals surface area contributed by atoms with E-state index in [0.717, 1.165) is 42.0 Å². The van der Waals surface area contributed by atoms with Crippen molar-refractivity contribution in [3.8, 4) is 0 Å². The van der Waals surface area contributed by atoms with Gasteiger partial charge in [-0.1, -0.05) is 0 Å². The molecule has 0 saturated carbocycles. The summed E-state index contributed by atoms with van der Waals surface area (Å²) in [5.41, 5.74) is 0.663. The van der Waals surface area contributed by atoms with Gasteiger partial charge < -0.3 is 4.90 Å². The van der Waals surface area contributed by atoms with Crippen LogP contribution in [0.1, 0.15) is 32.1 Å². The van der Waals surface area contributed by atoms with Crippen LogP contribution >= 0.6 is 0 Å². The summed E-state index contributed by atoms with van der Waals surface area (Å²) >= 11 is 0. The first-order chi connectivity index (χ1) is 14.4. The number of amides is 2. The van der Waals surface area contributed by atoms with Crippen molar-refractivity contribution in [1.29, 1.82) is 0 Å². The second-order valence-corrected chi connectivity index (χ2v) is 9.43. The number of hydrogen-bond donors (Lipinski definition) is 1. The monoisotopic (exact) mass is 435 g/mol. The summed E-state index contributed by atoms with van der Waals surface area (Å²) in [5.74, 6) is -0.0675. The highest BCUT2D eigenvalue weighted by atomic mass is 32.2. The van der Waals surface area contributed by atoms with Crippen LogP contribution < -0.4 is 9.62 Å². The molecule has 11 nitrogen and oxygen atoms in total. The molecular weight excluding hydrogens is 410 g/mol. The molecule has 2 aromatic rings. The number of aromatic nitrogens is 4. The Morgan fingerprint density at radius 3 is 2.47 bits per heavy atom. The zero-order valence-corrected chi connectivity index (χ0v) is 17.5. The molecule has 0 spiro atoms. The number of sulfonamides is 1. The van der Waals surface area contributed by atoms with E-state index in [2.05, 4.69) is 24.7 Å². The number of piperidine rings is 1. The Morgan fingerprint density at radius 1 is 1.00 bits per heavy atom. The van der Waals surface area contributed by atoms with Crippen LogP contribution in [-0.4, -0.2) is 76.8 Å². The van der Waals surface area contributed by atoms with Crippen LogP contribution in [0.15, 0.2) is 12.5 Å². The fourth-order valence-corrected chi connectivity index (χ4v) is 4.83. The summed E-state index contributed by atoms with van der Waals surface area (Å²) < 4.78 is 28.7. The SMILES string of the molecule is O=C1CCCC(=O)N1CCS(=O)(=O)NCCn1ncc2c(N3CCCC3)ncnc21. The van der Waals surface area contributed by atoms with Crippen LogP contribution in [-0.2, 0) is 26.2 Å². The number of hydrogen-bond acceptors (Lipinski definition) is 8. The highest BCUT2D eigenvalue weighted by molar-refractivity contribution is 7.89. The summed E-state index contributed by atoms with van der Waals surface area (Å²) in [6.45, 7) is 2.23. The third kappa shape index (κ3) is 4.43. The van der Waals surface area contributed by atoms with Gasteiger partial charge in [-0.2, -0.15) is 5.10 Å². The number of rotatable bonds is 8. The van der Waals surface area contributed by atoms with Gasteiger partial charge >= 0.3 is 0 Å². The van der Waals surface area contributed by atoms with Crippen molar-refractivity contribution < 1.29 is 18.0 Å².